The normalized spacial score (nSPS) is 21.0. The van der Waals surface area contributed by atoms with Crippen molar-refractivity contribution in [2.45, 2.75) is 39.0 Å². The molecule has 0 spiro atoms. The van der Waals surface area contributed by atoms with E-state index in [9.17, 15) is 14.9 Å². The molecule has 0 aromatic heterocycles. The summed E-state index contributed by atoms with van der Waals surface area (Å²) in [5, 5.41) is 9.57. The van der Waals surface area contributed by atoms with Gasteiger partial charge in [0.25, 0.3) is 0 Å². The zero-order valence-electron chi connectivity index (χ0n) is 16.4. The van der Waals surface area contributed by atoms with Crippen LogP contribution in [0, 0.1) is 16.7 Å². The summed E-state index contributed by atoms with van der Waals surface area (Å²) in [6.45, 7) is 4.10. The van der Waals surface area contributed by atoms with Crippen molar-refractivity contribution in [1.82, 2.24) is 0 Å². The summed E-state index contributed by atoms with van der Waals surface area (Å²) in [4.78, 5) is 28.3. The van der Waals surface area contributed by atoms with E-state index >= 15 is 0 Å². The average molecular weight is 449 g/mol. The third-order valence-corrected chi connectivity index (χ3v) is 6.15. The minimum absolute atomic E-state index is 0.0816. The fraction of sp³-hybridized carbons (Fsp3) is 0.292. The first-order valence-electron chi connectivity index (χ1n) is 9.64. The van der Waals surface area contributed by atoms with Gasteiger partial charge in [-0.2, -0.15) is 5.26 Å². The second kappa shape index (κ2) is 7.27. The lowest BCUT2D eigenvalue weighted by atomic mass is 9.69. The van der Waals surface area contributed by atoms with E-state index < -0.39 is 0 Å². The molecule has 1 atom stereocenters. The molecule has 1 aliphatic carbocycles. The highest BCUT2D eigenvalue weighted by molar-refractivity contribution is 9.10. The smallest absolute Gasteiger partial charge is 0.232 e. The van der Waals surface area contributed by atoms with Crippen LogP contribution in [0.2, 0.25) is 0 Å². The van der Waals surface area contributed by atoms with Crippen LogP contribution >= 0.6 is 15.9 Å². The number of ketones is 1. The maximum atomic E-state index is 13.4. The van der Waals surface area contributed by atoms with Gasteiger partial charge in [0.2, 0.25) is 5.91 Å². The molecular formula is C24H21BrN2O2. The summed E-state index contributed by atoms with van der Waals surface area (Å²) >= 11 is 3.50. The fourth-order valence-corrected chi connectivity index (χ4v) is 4.88. The summed E-state index contributed by atoms with van der Waals surface area (Å²) in [5.41, 5.74) is 3.18. The molecule has 1 aliphatic heterocycles. The zero-order valence-corrected chi connectivity index (χ0v) is 18.0. The van der Waals surface area contributed by atoms with E-state index in [0.29, 0.717) is 24.1 Å². The molecule has 2 aromatic rings. The minimum Gasteiger partial charge on any atom is -0.294 e. The van der Waals surface area contributed by atoms with E-state index in [1.54, 1.807) is 23.1 Å². The van der Waals surface area contributed by atoms with E-state index in [-0.39, 0.29) is 29.4 Å². The molecule has 1 heterocycles. The van der Waals surface area contributed by atoms with Gasteiger partial charge in [-0.1, -0.05) is 54.0 Å². The first kappa shape index (κ1) is 19.6. The number of nitriles is 1. The third kappa shape index (κ3) is 3.54. The summed E-state index contributed by atoms with van der Waals surface area (Å²) in [5.74, 6) is -0.251. The number of nitrogens with zero attached hydrogens (tertiary/aromatic N) is 2. The minimum atomic E-state index is -0.260. The molecular weight excluding hydrogens is 428 g/mol. The molecule has 0 saturated heterocycles. The summed E-state index contributed by atoms with van der Waals surface area (Å²) in [6.07, 6.45) is 1.28. The highest BCUT2D eigenvalue weighted by atomic mass is 79.9. The van der Waals surface area contributed by atoms with Gasteiger partial charge in [-0.25, -0.2) is 0 Å². The highest BCUT2D eigenvalue weighted by Crippen LogP contribution is 2.48. The van der Waals surface area contributed by atoms with E-state index in [0.717, 1.165) is 21.3 Å². The van der Waals surface area contributed by atoms with E-state index in [4.69, 9.17) is 0 Å². The molecule has 0 bridgehead atoms. The van der Waals surface area contributed by atoms with Crippen LogP contribution in [0.15, 0.2) is 64.3 Å². The molecule has 0 fully saturated rings. The number of hydrogen-bond acceptors (Lipinski definition) is 3. The first-order chi connectivity index (χ1) is 13.8. The van der Waals surface area contributed by atoms with Crippen molar-refractivity contribution in [3.63, 3.8) is 0 Å². The summed E-state index contributed by atoms with van der Waals surface area (Å²) in [7, 11) is 0. The Labute approximate surface area is 179 Å². The molecule has 4 rings (SSSR count). The van der Waals surface area contributed by atoms with Gasteiger partial charge in [-0.3, -0.25) is 14.5 Å². The van der Waals surface area contributed by atoms with Crippen molar-refractivity contribution >= 4 is 33.3 Å². The first-order valence-corrected chi connectivity index (χ1v) is 10.4. The molecule has 1 unspecified atom stereocenters. The predicted molar refractivity (Wildman–Crippen MR) is 115 cm³/mol. The van der Waals surface area contributed by atoms with Gasteiger partial charge in [-0.15, -0.1) is 0 Å². The van der Waals surface area contributed by atoms with Crippen LogP contribution in [-0.4, -0.2) is 11.7 Å². The Hall–Kier alpha value is -2.71. The molecule has 0 radical (unpaired) electrons. The van der Waals surface area contributed by atoms with Crippen LogP contribution in [0.5, 0.6) is 0 Å². The van der Waals surface area contributed by atoms with Crippen LogP contribution in [0.1, 0.15) is 50.2 Å². The van der Waals surface area contributed by atoms with Crippen LogP contribution in [0.3, 0.4) is 0 Å². The lowest BCUT2D eigenvalue weighted by Crippen LogP contribution is -2.44. The third-order valence-electron chi connectivity index (χ3n) is 5.66. The SMILES string of the molecule is CC1(C)CC(=O)C2=C(C1)N(c1ccccc1C#N)C(=O)CC2c1cccc(Br)c1. The van der Waals surface area contributed by atoms with Gasteiger partial charge >= 0.3 is 0 Å². The Bertz CT molecular complexity index is 1090. The van der Waals surface area contributed by atoms with Crippen molar-refractivity contribution in [3.05, 3.63) is 75.4 Å². The van der Waals surface area contributed by atoms with Crippen molar-refractivity contribution in [2.24, 2.45) is 5.41 Å². The monoisotopic (exact) mass is 448 g/mol. The molecule has 4 nitrogen and oxygen atoms in total. The number of rotatable bonds is 2. The van der Waals surface area contributed by atoms with Crippen LogP contribution in [-0.2, 0) is 9.59 Å². The number of carbonyl (C=O) groups excluding carboxylic acids is 2. The summed E-state index contributed by atoms with van der Waals surface area (Å²) < 4.78 is 0.922. The highest BCUT2D eigenvalue weighted by Gasteiger charge is 2.44. The average Bonchev–Trinajstić information content (AvgIpc) is 2.66. The Morgan fingerprint density at radius 1 is 1.10 bits per heavy atom. The summed E-state index contributed by atoms with van der Waals surface area (Å²) in [6, 6.07) is 17.1. The molecule has 29 heavy (non-hydrogen) atoms. The molecule has 0 saturated carbocycles. The number of halogens is 1. The number of allylic oxidation sites excluding steroid dienone is 2. The second-order valence-electron chi connectivity index (χ2n) is 8.47. The quantitative estimate of drug-likeness (QED) is 0.610. The van der Waals surface area contributed by atoms with Crippen molar-refractivity contribution < 1.29 is 9.59 Å². The van der Waals surface area contributed by atoms with Gasteiger partial charge in [0.15, 0.2) is 5.78 Å². The maximum absolute atomic E-state index is 13.4. The molecule has 0 N–H and O–H groups in total. The number of hydrogen-bond donors (Lipinski definition) is 0. The number of amides is 1. The van der Waals surface area contributed by atoms with Gasteiger partial charge in [0, 0.05) is 34.5 Å². The lowest BCUT2D eigenvalue weighted by molar-refractivity contribution is -0.121. The molecule has 5 heteroatoms. The van der Waals surface area contributed by atoms with Gasteiger partial charge < -0.3 is 0 Å². The van der Waals surface area contributed by atoms with E-state index in [1.807, 2.05) is 30.3 Å². The molecule has 146 valence electrons. The number of benzene rings is 2. The number of carbonyl (C=O) groups is 2. The maximum Gasteiger partial charge on any atom is 0.232 e. The number of anilines is 1. The Morgan fingerprint density at radius 3 is 2.59 bits per heavy atom. The molecule has 1 amide bonds. The Kier molecular flexibility index (Phi) is 4.92. The Morgan fingerprint density at radius 2 is 1.86 bits per heavy atom. The largest absolute Gasteiger partial charge is 0.294 e. The standard InChI is InChI=1S/C24H21BrN2O2/c1-24(2)12-20-23(21(28)13-24)18(15-7-5-8-17(25)10-15)11-22(29)27(20)19-9-4-3-6-16(19)14-26/h3-10,18H,11-13H2,1-2H3. The van der Waals surface area contributed by atoms with Gasteiger partial charge in [0.05, 0.1) is 11.3 Å². The van der Waals surface area contributed by atoms with Gasteiger partial charge in [0.1, 0.15) is 6.07 Å². The van der Waals surface area contributed by atoms with Crippen LogP contribution in [0.25, 0.3) is 0 Å². The lowest BCUT2D eigenvalue weighted by Gasteiger charge is -2.43. The number of para-hydroxylation sites is 1. The van der Waals surface area contributed by atoms with Crippen molar-refractivity contribution in [1.29, 1.82) is 5.26 Å². The molecule has 2 aromatic carbocycles. The van der Waals surface area contributed by atoms with E-state index in [1.165, 1.54) is 0 Å². The predicted octanol–water partition coefficient (Wildman–Crippen LogP) is 5.48. The van der Waals surface area contributed by atoms with Crippen molar-refractivity contribution in [3.8, 4) is 6.07 Å². The zero-order chi connectivity index (χ0) is 20.8. The second-order valence-corrected chi connectivity index (χ2v) is 9.39. The van der Waals surface area contributed by atoms with Gasteiger partial charge in [-0.05, 0) is 41.7 Å². The fourth-order valence-electron chi connectivity index (χ4n) is 4.47. The van der Waals surface area contributed by atoms with Crippen molar-refractivity contribution in [2.75, 3.05) is 4.90 Å². The Balaban J connectivity index is 1.94. The van der Waals surface area contributed by atoms with Crippen LogP contribution in [0.4, 0.5) is 5.69 Å². The molecule has 2 aliphatic rings. The topological polar surface area (TPSA) is 61.2 Å². The van der Waals surface area contributed by atoms with Crippen LogP contribution < -0.4 is 4.90 Å². The van der Waals surface area contributed by atoms with E-state index in [2.05, 4.69) is 35.8 Å². The number of Topliss-reactive ketones (excluding diaryl/α,β-unsaturated/α-hetero) is 1.